The first kappa shape index (κ1) is 13.2. The topological polar surface area (TPSA) is 54.4 Å². The van der Waals surface area contributed by atoms with Crippen molar-refractivity contribution >= 4 is 11.8 Å². The summed E-state index contributed by atoms with van der Waals surface area (Å²) in [7, 11) is 0. The number of halogens is 3. The van der Waals surface area contributed by atoms with Crippen LogP contribution >= 0.6 is 0 Å². The van der Waals surface area contributed by atoms with E-state index in [2.05, 4.69) is 0 Å². The van der Waals surface area contributed by atoms with Crippen molar-refractivity contribution in [2.24, 2.45) is 0 Å². The number of carboxylic acids is 1. The van der Waals surface area contributed by atoms with Gasteiger partial charge in [0.15, 0.2) is 5.78 Å². The van der Waals surface area contributed by atoms with Gasteiger partial charge in [0, 0.05) is 5.56 Å². The third-order valence-electron chi connectivity index (χ3n) is 2.18. The van der Waals surface area contributed by atoms with Gasteiger partial charge in [-0.25, -0.2) is 0 Å². The molecule has 0 bridgehead atoms. The molecule has 0 aromatic heterocycles. The second-order valence-corrected chi connectivity index (χ2v) is 3.52. The summed E-state index contributed by atoms with van der Waals surface area (Å²) in [6.07, 6.45) is -5.37. The highest BCUT2D eigenvalue weighted by Gasteiger charge is 2.31. The molecule has 1 N–H and O–H groups in total. The molecule has 17 heavy (non-hydrogen) atoms. The van der Waals surface area contributed by atoms with Crippen LogP contribution in [0.15, 0.2) is 18.2 Å². The summed E-state index contributed by atoms with van der Waals surface area (Å²) >= 11 is 0. The third kappa shape index (κ3) is 3.30. The molecule has 0 unspecified atom stereocenters. The van der Waals surface area contributed by atoms with Crippen LogP contribution in [0, 0.1) is 6.92 Å². The van der Waals surface area contributed by atoms with E-state index in [0.29, 0.717) is 11.6 Å². The summed E-state index contributed by atoms with van der Waals surface area (Å²) in [6, 6.07) is 2.69. The first-order valence-corrected chi connectivity index (χ1v) is 4.64. The number of carbonyl (C=O) groups is 2. The normalized spacial score (nSPS) is 11.3. The number of alkyl halides is 3. The Morgan fingerprint density at radius 1 is 1.29 bits per heavy atom. The highest BCUT2D eigenvalue weighted by Crippen LogP contribution is 2.30. The zero-order valence-electron chi connectivity index (χ0n) is 8.84. The molecule has 0 aliphatic carbocycles. The second kappa shape index (κ2) is 4.57. The number of carboxylic acid groups (broad SMARTS) is 1. The number of carbonyl (C=O) groups excluding carboxylic acids is 1. The molecule has 0 spiro atoms. The van der Waals surface area contributed by atoms with Crippen molar-refractivity contribution in [3.63, 3.8) is 0 Å². The molecule has 3 nitrogen and oxygen atoms in total. The quantitative estimate of drug-likeness (QED) is 0.659. The summed E-state index contributed by atoms with van der Waals surface area (Å²) in [5.41, 5.74) is -0.844. The molecule has 0 amide bonds. The van der Waals surface area contributed by atoms with Crippen LogP contribution in [0.1, 0.15) is 27.9 Å². The Hall–Kier alpha value is -1.85. The van der Waals surface area contributed by atoms with Crippen LogP contribution in [0.3, 0.4) is 0 Å². The average molecular weight is 246 g/mol. The number of aliphatic carboxylic acids is 1. The Labute approximate surface area is 94.9 Å². The maximum atomic E-state index is 12.4. The summed E-state index contributed by atoms with van der Waals surface area (Å²) < 4.78 is 37.2. The minimum atomic E-state index is -4.55. The van der Waals surface area contributed by atoms with Crippen LogP contribution in [0.5, 0.6) is 0 Å². The summed E-state index contributed by atoms with van der Waals surface area (Å²) in [5, 5.41) is 8.42. The number of rotatable bonds is 3. The lowest BCUT2D eigenvalue weighted by Crippen LogP contribution is -2.11. The van der Waals surface area contributed by atoms with Gasteiger partial charge in [-0.05, 0) is 24.6 Å². The van der Waals surface area contributed by atoms with Crippen molar-refractivity contribution in [2.45, 2.75) is 19.5 Å². The molecule has 0 heterocycles. The Morgan fingerprint density at radius 2 is 1.88 bits per heavy atom. The highest BCUT2D eigenvalue weighted by molar-refractivity contribution is 6.06. The highest BCUT2D eigenvalue weighted by atomic mass is 19.4. The molecule has 1 aromatic rings. The van der Waals surface area contributed by atoms with E-state index >= 15 is 0 Å². The third-order valence-corrected chi connectivity index (χ3v) is 2.18. The van der Waals surface area contributed by atoms with E-state index in [4.69, 9.17) is 5.11 Å². The zero-order chi connectivity index (χ0) is 13.2. The van der Waals surface area contributed by atoms with Crippen LogP contribution in [0.2, 0.25) is 0 Å². The van der Waals surface area contributed by atoms with E-state index in [1.165, 1.54) is 6.92 Å². The molecule has 92 valence electrons. The van der Waals surface area contributed by atoms with Crippen molar-refractivity contribution in [1.82, 2.24) is 0 Å². The van der Waals surface area contributed by atoms with E-state index < -0.39 is 29.9 Å². The molecular weight excluding hydrogens is 237 g/mol. The van der Waals surface area contributed by atoms with Crippen LogP contribution in [0.25, 0.3) is 0 Å². The van der Waals surface area contributed by atoms with Gasteiger partial charge in [-0.2, -0.15) is 13.2 Å². The molecular formula is C11H9F3O3. The molecule has 0 atom stereocenters. The minimum absolute atomic E-state index is 0.206. The summed E-state index contributed by atoms with van der Waals surface area (Å²) in [4.78, 5) is 21.7. The van der Waals surface area contributed by atoms with Crippen molar-refractivity contribution in [3.8, 4) is 0 Å². The van der Waals surface area contributed by atoms with Crippen LogP contribution in [0.4, 0.5) is 13.2 Å². The lowest BCUT2D eigenvalue weighted by Gasteiger charge is -2.10. The van der Waals surface area contributed by atoms with Crippen LogP contribution in [-0.4, -0.2) is 16.9 Å². The van der Waals surface area contributed by atoms with Gasteiger partial charge in [-0.1, -0.05) is 6.07 Å². The second-order valence-electron chi connectivity index (χ2n) is 3.52. The van der Waals surface area contributed by atoms with Gasteiger partial charge in [0.05, 0.1) is 5.56 Å². The Bertz CT molecular complexity index is 464. The van der Waals surface area contributed by atoms with Gasteiger partial charge in [0.25, 0.3) is 0 Å². The zero-order valence-corrected chi connectivity index (χ0v) is 8.84. The van der Waals surface area contributed by atoms with Crippen molar-refractivity contribution in [1.29, 1.82) is 0 Å². The van der Waals surface area contributed by atoms with Gasteiger partial charge < -0.3 is 5.11 Å². The molecule has 0 radical (unpaired) electrons. The molecule has 0 aliphatic rings. The molecule has 0 saturated heterocycles. The lowest BCUT2D eigenvalue weighted by molar-refractivity contribution is -0.137. The van der Waals surface area contributed by atoms with Crippen molar-refractivity contribution in [3.05, 3.63) is 34.9 Å². The SMILES string of the molecule is Cc1ccc(C(F)(F)F)cc1C(=O)CC(=O)O. The molecule has 0 saturated carbocycles. The van der Waals surface area contributed by atoms with Gasteiger partial charge >= 0.3 is 12.1 Å². The molecule has 0 fully saturated rings. The van der Waals surface area contributed by atoms with Crippen molar-refractivity contribution in [2.75, 3.05) is 0 Å². The standard InChI is InChI=1S/C11H9F3O3/c1-6-2-3-7(11(12,13)14)4-8(6)9(15)5-10(16)17/h2-4H,5H2,1H3,(H,16,17). The molecule has 6 heteroatoms. The number of benzene rings is 1. The minimum Gasteiger partial charge on any atom is -0.481 e. The summed E-state index contributed by atoms with van der Waals surface area (Å²) in [6.45, 7) is 1.45. The van der Waals surface area contributed by atoms with E-state index in [-0.39, 0.29) is 5.56 Å². The van der Waals surface area contributed by atoms with Gasteiger partial charge in [-0.15, -0.1) is 0 Å². The number of hydrogen-bond acceptors (Lipinski definition) is 2. The van der Waals surface area contributed by atoms with Gasteiger partial charge in [0.2, 0.25) is 0 Å². The first-order valence-electron chi connectivity index (χ1n) is 4.64. The monoisotopic (exact) mass is 246 g/mol. The number of hydrogen-bond donors (Lipinski definition) is 1. The molecule has 1 rings (SSSR count). The van der Waals surface area contributed by atoms with E-state index in [9.17, 15) is 22.8 Å². The van der Waals surface area contributed by atoms with E-state index in [0.717, 1.165) is 12.1 Å². The first-order chi connectivity index (χ1) is 7.71. The number of Topliss-reactive ketones (excluding diaryl/α,β-unsaturated/α-hetero) is 1. The van der Waals surface area contributed by atoms with Crippen LogP contribution in [-0.2, 0) is 11.0 Å². The van der Waals surface area contributed by atoms with Gasteiger partial charge in [-0.3, -0.25) is 9.59 Å². The Kier molecular flexibility index (Phi) is 3.55. The predicted molar refractivity (Wildman–Crippen MR) is 52.8 cm³/mol. The maximum absolute atomic E-state index is 12.4. The summed E-state index contributed by atoms with van der Waals surface area (Å²) in [5.74, 6) is -2.20. The fourth-order valence-electron chi connectivity index (χ4n) is 1.33. The van der Waals surface area contributed by atoms with E-state index in [1.54, 1.807) is 0 Å². The predicted octanol–water partition coefficient (Wildman–Crippen LogP) is 2.67. The largest absolute Gasteiger partial charge is 0.481 e. The molecule has 0 aliphatic heterocycles. The fraction of sp³-hybridized carbons (Fsp3) is 0.273. The maximum Gasteiger partial charge on any atom is 0.416 e. The Morgan fingerprint density at radius 3 is 2.35 bits per heavy atom. The number of aryl methyl sites for hydroxylation is 1. The molecule has 1 aromatic carbocycles. The van der Waals surface area contributed by atoms with E-state index in [1.807, 2.05) is 0 Å². The smallest absolute Gasteiger partial charge is 0.416 e. The average Bonchev–Trinajstić information content (AvgIpc) is 2.15. The Balaban J connectivity index is 3.15. The lowest BCUT2D eigenvalue weighted by atomic mass is 9.99. The van der Waals surface area contributed by atoms with Crippen molar-refractivity contribution < 1.29 is 27.9 Å². The van der Waals surface area contributed by atoms with Crippen LogP contribution < -0.4 is 0 Å². The fourth-order valence-corrected chi connectivity index (χ4v) is 1.33. The number of ketones is 1. The van der Waals surface area contributed by atoms with Gasteiger partial charge in [0.1, 0.15) is 6.42 Å².